The lowest BCUT2D eigenvalue weighted by atomic mass is 10.1. The number of aryl methyl sites for hydroxylation is 3. The van der Waals surface area contributed by atoms with Crippen molar-refractivity contribution in [3.63, 3.8) is 0 Å². The molecular weight excluding hydrogens is 225 g/mol. The van der Waals surface area contributed by atoms with Crippen molar-refractivity contribution in [2.75, 3.05) is 5.32 Å². The monoisotopic (exact) mass is 243 g/mol. The van der Waals surface area contributed by atoms with E-state index in [1.54, 1.807) is 13.0 Å². The molecule has 2 heteroatoms. The molecule has 2 aromatic carbocycles. The zero-order valence-corrected chi connectivity index (χ0v) is 11.0. The van der Waals surface area contributed by atoms with E-state index in [2.05, 4.69) is 37.4 Å². The largest absolute Gasteiger partial charge is 0.381 e. The van der Waals surface area contributed by atoms with E-state index in [4.69, 9.17) is 0 Å². The van der Waals surface area contributed by atoms with Crippen molar-refractivity contribution in [3.05, 3.63) is 64.5 Å². The molecule has 0 aliphatic rings. The molecule has 2 rings (SSSR count). The topological polar surface area (TPSA) is 12.0 Å². The van der Waals surface area contributed by atoms with Gasteiger partial charge < -0.3 is 5.32 Å². The minimum Gasteiger partial charge on any atom is -0.381 e. The van der Waals surface area contributed by atoms with Gasteiger partial charge in [-0.1, -0.05) is 23.8 Å². The molecule has 0 heterocycles. The summed E-state index contributed by atoms with van der Waals surface area (Å²) in [6.07, 6.45) is 0. The third kappa shape index (κ3) is 2.89. The van der Waals surface area contributed by atoms with Gasteiger partial charge in [-0.15, -0.1) is 0 Å². The second-order valence-electron chi connectivity index (χ2n) is 4.75. The number of hydrogen-bond donors (Lipinski definition) is 1. The normalized spacial score (nSPS) is 10.4. The smallest absolute Gasteiger partial charge is 0.126 e. The van der Waals surface area contributed by atoms with E-state index in [0.717, 1.165) is 12.2 Å². The van der Waals surface area contributed by atoms with Crippen LogP contribution in [0.15, 0.2) is 36.4 Å². The molecule has 1 nitrogen and oxygen atoms in total. The SMILES string of the molecule is Cc1ccc(CNc2ccc(F)c(C)c2)c(C)c1. The summed E-state index contributed by atoms with van der Waals surface area (Å²) < 4.78 is 13.1. The zero-order valence-electron chi connectivity index (χ0n) is 11.0. The van der Waals surface area contributed by atoms with Gasteiger partial charge in [-0.05, 0) is 55.7 Å². The highest BCUT2D eigenvalue weighted by molar-refractivity contribution is 5.47. The fourth-order valence-electron chi connectivity index (χ4n) is 2.00. The Kier molecular flexibility index (Phi) is 3.66. The maximum absolute atomic E-state index is 13.1. The molecule has 0 atom stereocenters. The summed E-state index contributed by atoms with van der Waals surface area (Å²) in [6, 6.07) is 11.5. The van der Waals surface area contributed by atoms with Crippen molar-refractivity contribution < 1.29 is 4.39 Å². The summed E-state index contributed by atoms with van der Waals surface area (Å²) in [6.45, 7) is 6.74. The zero-order chi connectivity index (χ0) is 13.1. The Morgan fingerprint density at radius 3 is 2.39 bits per heavy atom. The van der Waals surface area contributed by atoms with Crippen molar-refractivity contribution in [2.24, 2.45) is 0 Å². The molecule has 0 aliphatic carbocycles. The van der Waals surface area contributed by atoms with Crippen LogP contribution in [0.4, 0.5) is 10.1 Å². The second kappa shape index (κ2) is 5.21. The van der Waals surface area contributed by atoms with Gasteiger partial charge in [0.25, 0.3) is 0 Å². The van der Waals surface area contributed by atoms with E-state index < -0.39 is 0 Å². The molecule has 2 aromatic rings. The molecule has 0 saturated heterocycles. The first-order valence-electron chi connectivity index (χ1n) is 6.12. The fourth-order valence-corrected chi connectivity index (χ4v) is 2.00. The van der Waals surface area contributed by atoms with Gasteiger partial charge >= 0.3 is 0 Å². The van der Waals surface area contributed by atoms with Gasteiger partial charge in [0.05, 0.1) is 0 Å². The van der Waals surface area contributed by atoms with Gasteiger partial charge in [-0.25, -0.2) is 4.39 Å². The quantitative estimate of drug-likeness (QED) is 0.844. The van der Waals surface area contributed by atoms with Crippen LogP contribution in [-0.2, 0) is 6.54 Å². The average molecular weight is 243 g/mol. The van der Waals surface area contributed by atoms with Crippen molar-refractivity contribution in [2.45, 2.75) is 27.3 Å². The van der Waals surface area contributed by atoms with Crippen molar-refractivity contribution in [3.8, 4) is 0 Å². The van der Waals surface area contributed by atoms with E-state index >= 15 is 0 Å². The van der Waals surface area contributed by atoms with E-state index in [9.17, 15) is 4.39 Å². The van der Waals surface area contributed by atoms with Crippen LogP contribution in [0.3, 0.4) is 0 Å². The van der Waals surface area contributed by atoms with Gasteiger partial charge in [0.15, 0.2) is 0 Å². The van der Waals surface area contributed by atoms with Crippen molar-refractivity contribution in [1.29, 1.82) is 0 Å². The molecule has 0 fully saturated rings. The number of hydrogen-bond acceptors (Lipinski definition) is 1. The Morgan fingerprint density at radius 1 is 0.944 bits per heavy atom. The Labute approximate surface area is 108 Å². The maximum Gasteiger partial charge on any atom is 0.126 e. The van der Waals surface area contributed by atoms with Gasteiger partial charge in [-0.3, -0.25) is 0 Å². The first-order valence-corrected chi connectivity index (χ1v) is 6.12. The minimum absolute atomic E-state index is 0.160. The van der Waals surface area contributed by atoms with Crippen LogP contribution in [-0.4, -0.2) is 0 Å². The molecule has 18 heavy (non-hydrogen) atoms. The average Bonchev–Trinajstić information content (AvgIpc) is 2.32. The first-order chi connectivity index (χ1) is 8.56. The maximum atomic E-state index is 13.1. The molecule has 94 valence electrons. The van der Waals surface area contributed by atoms with E-state index in [-0.39, 0.29) is 5.82 Å². The van der Waals surface area contributed by atoms with Crippen LogP contribution in [0.1, 0.15) is 22.3 Å². The summed E-state index contributed by atoms with van der Waals surface area (Å²) in [5.74, 6) is -0.160. The number of rotatable bonds is 3. The number of nitrogens with one attached hydrogen (secondary N) is 1. The summed E-state index contributed by atoms with van der Waals surface area (Å²) in [4.78, 5) is 0. The Morgan fingerprint density at radius 2 is 1.72 bits per heavy atom. The van der Waals surface area contributed by atoms with Gasteiger partial charge in [-0.2, -0.15) is 0 Å². The highest BCUT2D eigenvalue weighted by atomic mass is 19.1. The van der Waals surface area contributed by atoms with Gasteiger partial charge in [0.1, 0.15) is 5.82 Å². The second-order valence-corrected chi connectivity index (χ2v) is 4.75. The molecule has 1 N–H and O–H groups in total. The molecular formula is C16H18FN. The lowest BCUT2D eigenvalue weighted by Crippen LogP contribution is -2.02. The van der Waals surface area contributed by atoms with E-state index in [1.165, 1.54) is 22.8 Å². The van der Waals surface area contributed by atoms with Gasteiger partial charge in [0.2, 0.25) is 0 Å². The molecule has 0 aromatic heterocycles. The minimum atomic E-state index is -0.160. The molecule has 0 aliphatic heterocycles. The van der Waals surface area contributed by atoms with Crippen molar-refractivity contribution in [1.82, 2.24) is 0 Å². The fraction of sp³-hybridized carbons (Fsp3) is 0.250. The lowest BCUT2D eigenvalue weighted by molar-refractivity contribution is 0.618. The van der Waals surface area contributed by atoms with Crippen LogP contribution >= 0.6 is 0 Å². The van der Waals surface area contributed by atoms with Crippen LogP contribution in [0.5, 0.6) is 0 Å². The standard InChI is InChI=1S/C16H18FN/c1-11-4-5-14(12(2)8-11)10-18-15-6-7-16(17)13(3)9-15/h4-9,18H,10H2,1-3H3. The summed E-state index contributed by atoms with van der Waals surface area (Å²) in [5, 5.41) is 3.32. The highest BCUT2D eigenvalue weighted by Gasteiger charge is 2.01. The Bertz CT molecular complexity index is 561. The Balaban J connectivity index is 2.09. The van der Waals surface area contributed by atoms with Gasteiger partial charge in [0, 0.05) is 12.2 Å². The highest BCUT2D eigenvalue weighted by Crippen LogP contribution is 2.16. The molecule has 0 saturated carbocycles. The van der Waals surface area contributed by atoms with Crippen LogP contribution in [0, 0.1) is 26.6 Å². The predicted octanol–water partition coefficient (Wildman–Crippen LogP) is 4.36. The number of benzene rings is 2. The molecule has 0 radical (unpaired) electrons. The van der Waals surface area contributed by atoms with Crippen LogP contribution < -0.4 is 5.32 Å². The molecule has 0 amide bonds. The number of halogens is 1. The molecule has 0 bridgehead atoms. The van der Waals surface area contributed by atoms with Crippen LogP contribution in [0.25, 0.3) is 0 Å². The Hall–Kier alpha value is -1.83. The van der Waals surface area contributed by atoms with E-state index in [1.807, 2.05) is 6.07 Å². The lowest BCUT2D eigenvalue weighted by Gasteiger charge is -2.10. The predicted molar refractivity (Wildman–Crippen MR) is 74.4 cm³/mol. The van der Waals surface area contributed by atoms with Crippen molar-refractivity contribution >= 4 is 5.69 Å². The summed E-state index contributed by atoms with van der Waals surface area (Å²) in [7, 11) is 0. The number of anilines is 1. The summed E-state index contributed by atoms with van der Waals surface area (Å²) in [5.41, 5.74) is 5.44. The molecule has 0 spiro atoms. The third-order valence-corrected chi connectivity index (χ3v) is 3.14. The van der Waals surface area contributed by atoms with E-state index in [0.29, 0.717) is 5.56 Å². The summed E-state index contributed by atoms with van der Waals surface area (Å²) >= 11 is 0. The molecule has 0 unspecified atom stereocenters. The first kappa shape index (κ1) is 12.6. The van der Waals surface area contributed by atoms with Crippen LogP contribution in [0.2, 0.25) is 0 Å². The third-order valence-electron chi connectivity index (χ3n) is 3.14.